The van der Waals surface area contributed by atoms with E-state index in [9.17, 15) is 8.78 Å². The van der Waals surface area contributed by atoms with Crippen molar-refractivity contribution in [3.63, 3.8) is 0 Å². The maximum atomic E-state index is 13.5. The van der Waals surface area contributed by atoms with Crippen molar-refractivity contribution in [2.24, 2.45) is 11.7 Å². The largest absolute Gasteiger partial charge is 0.342 e. The molecule has 0 saturated carbocycles. The minimum atomic E-state index is -0.912. The molecule has 17 heavy (non-hydrogen) atoms. The van der Waals surface area contributed by atoms with Gasteiger partial charge in [0.15, 0.2) is 11.6 Å². The average Bonchev–Trinajstić information content (AvgIpc) is 2.68. The van der Waals surface area contributed by atoms with E-state index in [-0.39, 0.29) is 17.4 Å². The van der Waals surface area contributed by atoms with Crippen molar-refractivity contribution < 1.29 is 8.78 Å². The van der Waals surface area contributed by atoms with Gasteiger partial charge in [-0.3, -0.25) is 0 Å². The van der Waals surface area contributed by atoms with Crippen molar-refractivity contribution in [2.75, 3.05) is 6.54 Å². The van der Waals surface area contributed by atoms with Gasteiger partial charge in [0.2, 0.25) is 0 Å². The third-order valence-corrected chi connectivity index (χ3v) is 2.97. The van der Waals surface area contributed by atoms with Gasteiger partial charge >= 0.3 is 0 Å². The number of aromatic amines is 1. The van der Waals surface area contributed by atoms with Crippen LogP contribution in [0.2, 0.25) is 0 Å². The van der Waals surface area contributed by atoms with E-state index in [0.717, 1.165) is 6.07 Å². The Morgan fingerprint density at radius 1 is 1.35 bits per heavy atom. The van der Waals surface area contributed by atoms with Crippen LogP contribution in [0, 0.1) is 17.6 Å². The number of benzene rings is 1. The Bertz CT molecular complexity index is 534. The standard InChI is InChI=1S/C12H15F2N3/c1-6(2)7(5-15)12-16-9-4-3-8(13)10(14)11(9)17-12/h3-4,6-7H,5,15H2,1-2H3,(H,16,17). The summed E-state index contributed by atoms with van der Waals surface area (Å²) >= 11 is 0. The Morgan fingerprint density at radius 2 is 2.06 bits per heavy atom. The number of nitrogens with two attached hydrogens (primary N) is 1. The number of halogens is 2. The number of fused-ring (bicyclic) bond motifs is 1. The molecule has 0 radical (unpaired) electrons. The molecule has 1 unspecified atom stereocenters. The van der Waals surface area contributed by atoms with Crippen molar-refractivity contribution >= 4 is 11.0 Å². The van der Waals surface area contributed by atoms with E-state index in [1.807, 2.05) is 13.8 Å². The normalized spacial score (nSPS) is 13.5. The molecule has 0 spiro atoms. The van der Waals surface area contributed by atoms with Gasteiger partial charge in [-0.1, -0.05) is 13.8 Å². The first-order valence-electron chi connectivity index (χ1n) is 5.58. The van der Waals surface area contributed by atoms with Gasteiger partial charge in [-0.25, -0.2) is 13.8 Å². The molecule has 0 saturated heterocycles. The monoisotopic (exact) mass is 239 g/mol. The third-order valence-electron chi connectivity index (χ3n) is 2.97. The van der Waals surface area contributed by atoms with E-state index < -0.39 is 11.6 Å². The molecule has 0 aliphatic rings. The minimum absolute atomic E-state index is 0.0184. The van der Waals surface area contributed by atoms with E-state index in [1.54, 1.807) is 0 Å². The van der Waals surface area contributed by atoms with E-state index in [4.69, 9.17) is 5.73 Å². The molecule has 3 N–H and O–H groups in total. The van der Waals surface area contributed by atoms with Gasteiger partial charge in [0.05, 0.1) is 5.52 Å². The molecule has 1 aromatic heterocycles. The van der Waals surface area contributed by atoms with Crippen molar-refractivity contribution in [3.8, 4) is 0 Å². The first-order chi connectivity index (χ1) is 8.04. The number of imidazole rings is 1. The Balaban J connectivity index is 2.54. The first kappa shape index (κ1) is 12.0. The summed E-state index contributed by atoms with van der Waals surface area (Å²) < 4.78 is 26.5. The zero-order chi connectivity index (χ0) is 12.6. The molecular formula is C12H15F2N3. The van der Waals surface area contributed by atoms with Gasteiger partial charge in [-0.2, -0.15) is 0 Å². The number of rotatable bonds is 3. The fraction of sp³-hybridized carbons (Fsp3) is 0.417. The molecule has 0 fully saturated rings. The predicted molar refractivity (Wildman–Crippen MR) is 62.6 cm³/mol. The molecule has 0 bridgehead atoms. The lowest BCUT2D eigenvalue weighted by Crippen LogP contribution is -2.18. The highest BCUT2D eigenvalue weighted by Gasteiger charge is 2.20. The van der Waals surface area contributed by atoms with Crippen LogP contribution in [0.25, 0.3) is 11.0 Å². The second kappa shape index (κ2) is 4.41. The van der Waals surface area contributed by atoms with Gasteiger partial charge in [0, 0.05) is 12.5 Å². The number of nitrogens with one attached hydrogen (secondary N) is 1. The summed E-state index contributed by atoms with van der Waals surface area (Å²) in [6.45, 7) is 4.45. The van der Waals surface area contributed by atoms with Crippen molar-refractivity contribution in [3.05, 3.63) is 29.6 Å². The Kier molecular flexibility index (Phi) is 3.11. The fourth-order valence-corrected chi connectivity index (χ4v) is 1.91. The molecule has 0 aliphatic carbocycles. The zero-order valence-electron chi connectivity index (χ0n) is 9.80. The molecule has 92 valence electrons. The van der Waals surface area contributed by atoms with Gasteiger partial charge < -0.3 is 10.7 Å². The zero-order valence-corrected chi connectivity index (χ0v) is 9.80. The number of hydrogen-bond donors (Lipinski definition) is 2. The summed E-state index contributed by atoms with van der Waals surface area (Å²) in [4.78, 5) is 7.11. The molecular weight excluding hydrogens is 224 g/mol. The molecule has 5 heteroatoms. The molecule has 1 atom stereocenters. The fourth-order valence-electron chi connectivity index (χ4n) is 1.91. The maximum absolute atomic E-state index is 13.5. The summed E-state index contributed by atoms with van der Waals surface area (Å²) in [6, 6.07) is 2.57. The lowest BCUT2D eigenvalue weighted by Gasteiger charge is -2.15. The summed E-state index contributed by atoms with van der Waals surface area (Å²) in [5, 5.41) is 0. The molecule has 3 nitrogen and oxygen atoms in total. The molecule has 2 rings (SSSR count). The topological polar surface area (TPSA) is 54.7 Å². The summed E-state index contributed by atoms with van der Waals surface area (Å²) in [6.07, 6.45) is 0. The average molecular weight is 239 g/mol. The lowest BCUT2D eigenvalue weighted by molar-refractivity contribution is 0.487. The number of H-pyrrole nitrogens is 1. The molecule has 0 aliphatic heterocycles. The lowest BCUT2D eigenvalue weighted by atomic mass is 9.95. The molecule has 1 heterocycles. The van der Waals surface area contributed by atoms with Gasteiger partial charge in [0.1, 0.15) is 11.3 Å². The van der Waals surface area contributed by atoms with Crippen molar-refractivity contribution in [1.82, 2.24) is 9.97 Å². The van der Waals surface area contributed by atoms with E-state index in [1.165, 1.54) is 6.07 Å². The van der Waals surface area contributed by atoms with Crippen LogP contribution < -0.4 is 5.73 Å². The minimum Gasteiger partial charge on any atom is -0.342 e. The second-order valence-corrected chi connectivity index (χ2v) is 4.47. The van der Waals surface area contributed by atoms with E-state index in [2.05, 4.69) is 9.97 Å². The predicted octanol–water partition coefficient (Wildman–Crippen LogP) is 2.54. The van der Waals surface area contributed by atoms with Crippen LogP contribution >= 0.6 is 0 Å². The highest BCUT2D eigenvalue weighted by Crippen LogP contribution is 2.25. The highest BCUT2D eigenvalue weighted by molar-refractivity contribution is 5.75. The van der Waals surface area contributed by atoms with Gasteiger partial charge in [0.25, 0.3) is 0 Å². The molecule has 2 aromatic rings. The van der Waals surface area contributed by atoms with Gasteiger partial charge in [-0.15, -0.1) is 0 Å². The number of aromatic nitrogens is 2. The van der Waals surface area contributed by atoms with E-state index in [0.29, 0.717) is 17.9 Å². The van der Waals surface area contributed by atoms with Crippen LogP contribution in [0.3, 0.4) is 0 Å². The quantitative estimate of drug-likeness (QED) is 0.864. The SMILES string of the molecule is CC(C)C(CN)c1nc2c(F)c(F)ccc2[nH]1. The highest BCUT2D eigenvalue weighted by atomic mass is 19.2. The van der Waals surface area contributed by atoms with E-state index >= 15 is 0 Å². The Hall–Kier alpha value is -1.49. The van der Waals surface area contributed by atoms with Crippen LogP contribution in [-0.4, -0.2) is 16.5 Å². The first-order valence-corrected chi connectivity index (χ1v) is 5.58. The molecule has 1 aromatic carbocycles. The van der Waals surface area contributed by atoms with Crippen molar-refractivity contribution in [2.45, 2.75) is 19.8 Å². The van der Waals surface area contributed by atoms with Crippen LogP contribution in [0.1, 0.15) is 25.6 Å². The number of nitrogens with zero attached hydrogens (tertiary/aromatic N) is 1. The molecule has 0 amide bonds. The Morgan fingerprint density at radius 3 is 2.65 bits per heavy atom. The summed E-state index contributed by atoms with van der Waals surface area (Å²) in [5.41, 5.74) is 6.21. The van der Waals surface area contributed by atoms with Crippen molar-refractivity contribution in [1.29, 1.82) is 0 Å². The third kappa shape index (κ3) is 2.02. The summed E-state index contributed by atoms with van der Waals surface area (Å²) in [7, 11) is 0. The van der Waals surface area contributed by atoms with Gasteiger partial charge in [-0.05, 0) is 18.1 Å². The summed E-state index contributed by atoms with van der Waals surface area (Å²) in [5.74, 6) is -0.880. The van der Waals surface area contributed by atoms with Crippen LogP contribution in [0.4, 0.5) is 8.78 Å². The van der Waals surface area contributed by atoms with Crippen LogP contribution in [0.15, 0.2) is 12.1 Å². The Labute approximate surface area is 98.0 Å². The van der Waals surface area contributed by atoms with Crippen LogP contribution in [-0.2, 0) is 0 Å². The smallest absolute Gasteiger partial charge is 0.186 e. The second-order valence-electron chi connectivity index (χ2n) is 4.47. The maximum Gasteiger partial charge on any atom is 0.186 e. The van der Waals surface area contributed by atoms with Crippen LogP contribution in [0.5, 0.6) is 0 Å². The number of hydrogen-bond acceptors (Lipinski definition) is 2.